The van der Waals surface area contributed by atoms with Crippen molar-refractivity contribution in [3.8, 4) is 0 Å². The van der Waals surface area contributed by atoms with Crippen LogP contribution >= 0.6 is 0 Å². The third-order valence-corrected chi connectivity index (χ3v) is 4.95. The van der Waals surface area contributed by atoms with Crippen LogP contribution < -0.4 is 4.72 Å². The third kappa shape index (κ3) is 6.31. The molecule has 1 fully saturated rings. The van der Waals surface area contributed by atoms with Gasteiger partial charge in [0.2, 0.25) is 15.9 Å². The van der Waals surface area contributed by atoms with Crippen LogP contribution in [0.3, 0.4) is 0 Å². The minimum atomic E-state index is -3.23. The first kappa shape index (κ1) is 17.9. The number of amides is 1. The number of hydrogen-bond donors (Lipinski definition) is 1. The van der Waals surface area contributed by atoms with Gasteiger partial charge in [-0.15, -0.1) is 0 Å². The molecule has 0 saturated carbocycles. The Morgan fingerprint density at radius 1 is 1.30 bits per heavy atom. The lowest BCUT2D eigenvalue weighted by Crippen LogP contribution is -2.41. The van der Waals surface area contributed by atoms with Gasteiger partial charge in [0.15, 0.2) is 0 Å². The van der Waals surface area contributed by atoms with Crippen molar-refractivity contribution in [1.29, 1.82) is 0 Å². The van der Waals surface area contributed by atoms with Crippen LogP contribution in [0.25, 0.3) is 0 Å². The van der Waals surface area contributed by atoms with Crippen molar-refractivity contribution in [3.63, 3.8) is 0 Å². The molecular weight excluding hydrogens is 312 g/mol. The average molecular weight is 338 g/mol. The number of nitrogens with one attached hydrogen (secondary N) is 1. The molecule has 6 heteroatoms. The van der Waals surface area contributed by atoms with E-state index in [1.807, 2.05) is 4.90 Å². The molecule has 1 aliphatic rings. The summed E-state index contributed by atoms with van der Waals surface area (Å²) in [7, 11) is -3.23. The Hall–Kier alpha value is -1.40. The molecule has 1 N–H and O–H groups in total. The number of rotatable bonds is 6. The van der Waals surface area contributed by atoms with Crippen molar-refractivity contribution < 1.29 is 13.2 Å². The molecule has 0 spiro atoms. The lowest BCUT2D eigenvalue weighted by atomic mass is 9.91. The smallest absolute Gasteiger partial charge is 0.223 e. The zero-order chi connectivity index (χ0) is 16.9. The topological polar surface area (TPSA) is 66.5 Å². The summed E-state index contributed by atoms with van der Waals surface area (Å²) in [6, 6.07) is 8.56. The monoisotopic (exact) mass is 338 g/mol. The molecule has 0 aliphatic carbocycles. The number of sulfonamides is 1. The molecule has 1 amide bonds. The molecular formula is C17H26N2O3S. The highest BCUT2D eigenvalue weighted by atomic mass is 32.2. The predicted octanol–water partition coefficient (Wildman–Crippen LogP) is 1.72. The molecule has 0 bridgehead atoms. The van der Waals surface area contributed by atoms with Crippen LogP contribution in [0.15, 0.2) is 24.3 Å². The highest BCUT2D eigenvalue weighted by Gasteiger charge is 2.23. The van der Waals surface area contributed by atoms with Crippen LogP contribution in [0.1, 0.15) is 30.4 Å². The van der Waals surface area contributed by atoms with Gasteiger partial charge >= 0.3 is 0 Å². The van der Waals surface area contributed by atoms with Gasteiger partial charge in [0.1, 0.15) is 0 Å². The van der Waals surface area contributed by atoms with Gasteiger partial charge in [-0.3, -0.25) is 4.79 Å². The minimum absolute atomic E-state index is 0.0368. The van der Waals surface area contributed by atoms with Gasteiger partial charge in [-0.1, -0.05) is 29.8 Å². The van der Waals surface area contributed by atoms with Crippen LogP contribution in [0.4, 0.5) is 0 Å². The maximum Gasteiger partial charge on any atom is 0.223 e. The summed E-state index contributed by atoms with van der Waals surface area (Å²) in [5, 5.41) is 0. The zero-order valence-corrected chi connectivity index (χ0v) is 14.7. The van der Waals surface area contributed by atoms with Crippen LogP contribution in [0.2, 0.25) is 0 Å². The second-order valence-corrected chi connectivity index (χ2v) is 8.29. The third-order valence-electron chi connectivity index (χ3n) is 4.22. The van der Waals surface area contributed by atoms with Crippen molar-refractivity contribution >= 4 is 15.9 Å². The van der Waals surface area contributed by atoms with Gasteiger partial charge in [0.25, 0.3) is 0 Å². The van der Waals surface area contributed by atoms with Gasteiger partial charge < -0.3 is 4.90 Å². The maximum absolute atomic E-state index is 12.2. The first-order chi connectivity index (χ1) is 10.8. The summed E-state index contributed by atoms with van der Waals surface area (Å²) in [6.45, 7) is 3.81. The van der Waals surface area contributed by atoms with Crippen molar-refractivity contribution in [1.82, 2.24) is 9.62 Å². The fraction of sp³-hybridized carbons (Fsp3) is 0.588. The van der Waals surface area contributed by atoms with E-state index in [-0.39, 0.29) is 18.9 Å². The molecule has 2 rings (SSSR count). The Kier molecular flexibility index (Phi) is 6.18. The largest absolute Gasteiger partial charge is 0.342 e. The lowest BCUT2D eigenvalue weighted by molar-refractivity contribution is -0.132. The molecule has 5 nitrogen and oxygen atoms in total. The first-order valence-electron chi connectivity index (χ1n) is 8.11. The summed E-state index contributed by atoms with van der Waals surface area (Å²) in [5.41, 5.74) is 2.57. The van der Waals surface area contributed by atoms with Crippen LogP contribution in [-0.4, -0.2) is 45.1 Å². The minimum Gasteiger partial charge on any atom is -0.342 e. The van der Waals surface area contributed by atoms with E-state index in [0.717, 1.165) is 38.6 Å². The molecule has 23 heavy (non-hydrogen) atoms. The van der Waals surface area contributed by atoms with Crippen LogP contribution in [-0.2, 0) is 21.2 Å². The molecule has 1 saturated heterocycles. The van der Waals surface area contributed by atoms with E-state index in [4.69, 9.17) is 0 Å². The van der Waals surface area contributed by atoms with E-state index >= 15 is 0 Å². The van der Waals surface area contributed by atoms with E-state index in [9.17, 15) is 13.2 Å². The number of piperidine rings is 1. The van der Waals surface area contributed by atoms with Gasteiger partial charge in [-0.2, -0.15) is 0 Å². The number of benzene rings is 1. The number of likely N-dealkylation sites (tertiary alicyclic amines) is 1. The summed E-state index contributed by atoms with van der Waals surface area (Å²) in [6.07, 6.45) is 4.48. The van der Waals surface area contributed by atoms with Crippen molar-refractivity contribution in [3.05, 3.63) is 35.4 Å². The standard InChI is InChI=1S/C17H26N2O3S/c1-14-5-7-15(8-6-14)12-16-4-3-11-19(13-16)17(20)9-10-18-23(2,21)22/h5-8,16,18H,3-4,9-13H2,1-2H3. The highest BCUT2D eigenvalue weighted by Crippen LogP contribution is 2.21. The number of carbonyl (C=O) groups excluding carboxylic acids is 1. The molecule has 1 aromatic carbocycles. The fourth-order valence-electron chi connectivity index (χ4n) is 3.02. The summed E-state index contributed by atoms with van der Waals surface area (Å²) in [4.78, 5) is 14.1. The normalized spacial score (nSPS) is 18.9. The molecule has 0 radical (unpaired) electrons. The second kappa shape index (κ2) is 7.93. The number of nitrogens with zero attached hydrogens (tertiary/aromatic N) is 1. The molecule has 0 aromatic heterocycles. The number of hydrogen-bond acceptors (Lipinski definition) is 3. The van der Waals surface area contributed by atoms with E-state index in [2.05, 4.69) is 35.9 Å². The fourth-order valence-corrected chi connectivity index (χ4v) is 3.49. The molecule has 128 valence electrons. The summed E-state index contributed by atoms with van der Waals surface area (Å²) in [5.74, 6) is 0.521. The Bertz CT molecular complexity index is 626. The van der Waals surface area contributed by atoms with Gasteiger partial charge in [0, 0.05) is 26.1 Å². The average Bonchev–Trinajstić information content (AvgIpc) is 2.48. The van der Waals surface area contributed by atoms with Crippen molar-refractivity contribution in [2.45, 2.75) is 32.6 Å². The predicted molar refractivity (Wildman–Crippen MR) is 91.7 cm³/mol. The maximum atomic E-state index is 12.2. The van der Waals surface area contributed by atoms with Crippen LogP contribution in [0.5, 0.6) is 0 Å². The van der Waals surface area contributed by atoms with Crippen LogP contribution in [0, 0.1) is 12.8 Å². The van der Waals surface area contributed by atoms with Crippen molar-refractivity contribution in [2.24, 2.45) is 5.92 Å². The summed E-state index contributed by atoms with van der Waals surface area (Å²) < 4.78 is 24.4. The summed E-state index contributed by atoms with van der Waals surface area (Å²) >= 11 is 0. The van der Waals surface area contributed by atoms with Crippen molar-refractivity contribution in [2.75, 3.05) is 25.9 Å². The van der Waals surface area contributed by atoms with E-state index in [0.29, 0.717) is 5.92 Å². The van der Waals surface area contributed by atoms with Gasteiger partial charge in [0.05, 0.1) is 6.26 Å². The SMILES string of the molecule is Cc1ccc(CC2CCCN(C(=O)CCNS(C)(=O)=O)C2)cc1. The molecule has 1 heterocycles. The zero-order valence-electron chi connectivity index (χ0n) is 13.9. The van der Waals surface area contributed by atoms with Gasteiger partial charge in [-0.05, 0) is 37.7 Å². The first-order valence-corrected chi connectivity index (χ1v) is 10.0. The second-order valence-electron chi connectivity index (χ2n) is 6.45. The Balaban J connectivity index is 1.82. The van der Waals surface area contributed by atoms with E-state index in [1.165, 1.54) is 11.1 Å². The van der Waals surface area contributed by atoms with Gasteiger partial charge in [-0.25, -0.2) is 13.1 Å². The molecule has 1 aromatic rings. The number of aryl methyl sites for hydroxylation is 1. The number of carbonyl (C=O) groups is 1. The van der Waals surface area contributed by atoms with E-state index < -0.39 is 10.0 Å². The Morgan fingerprint density at radius 2 is 2.00 bits per heavy atom. The highest BCUT2D eigenvalue weighted by molar-refractivity contribution is 7.88. The lowest BCUT2D eigenvalue weighted by Gasteiger charge is -2.33. The molecule has 1 unspecified atom stereocenters. The Morgan fingerprint density at radius 3 is 2.65 bits per heavy atom. The van der Waals surface area contributed by atoms with E-state index in [1.54, 1.807) is 0 Å². The molecule has 1 aliphatic heterocycles. The Labute approximate surface area is 139 Å². The quantitative estimate of drug-likeness (QED) is 0.859. The molecule has 1 atom stereocenters.